The Kier molecular flexibility index (Phi) is 12.4. The van der Waals surface area contributed by atoms with Crippen LogP contribution >= 0.6 is 0 Å². The molecule has 0 N–H and O–H groups in total. The van der Waals surface area contributed by atoms with E-state index >= 15 is 0 Å². The van der Waals surface area contributed by atoms with E-state index in [0.29, 0.717) is 37.3 Å². The zero-order chi connectivity index (χ0) is 30.7. The number of rotatable bonds is 8. The number of alkyl halides is 3. The van der Waals surface area contributed by atoms with Crippen molar-refractivity contribution >= 4 is 6.09 Å². The van der Waals surface area contributed by atoms with Gasteiger partial charge in [-0.3, -0.25) is 14.8 Å². The van der Waals surface area contributed by atoms with E-state index in [0.717, 1.165) is 55.1 Å². The molecule has 0 saturated carbocycles. The monoisotopic (exact) mass is 584 g/mol. The van der Waals surface area contributed by atoms with Gasteiger partial charge in [-0.05, 0) is 88.2 Å². The maximum absolute atomic E-state index is 12.7. The second-order valence-corrected chi connectivity index (χ2v) is 11.0. The summed E-state index contributed by atoms with van der Waals surface area (Å²) in [5.41, 5.74) is 2.03. The maximum Gasteiger partial charge on any atom is 0.416 e. The number of carbonyl (C=O) groups excluding carboxylic acids is 1. The van der Waals surface area contributed by atoms with Gasteiger partial charge in [-0.25, -0.2) is 4.79 Å². The first-order chi connectivity index (χ1) is 20.0. The van der Waals surface area contributed by atoms with Gasteiger partial charge in [0.2, 0.25) is 0 Å². The van der Waals surface area contributed by atoms with Crippen LogP contribution in [0.25, 0.3) is 0 Å². The van der Waals surface area contributed by atoms with Crippen LogP contribution in [0.3, 0.4) is 0 Å². The predicted octanol–water partition coefficient (Wildman–Crippen LogP) is 7.13. The van der Waals surface area contributed by atoms with Crippen molar-refractivity contribution in [3.63, 3.8) is 0 Å². The van der Waals surface area contributed by atoms with E-state index in [9.17, 15) is 18.0 Å². The smallest absolute Gasteiger partial charge is 0.410 e. The standard InChI is InChI=1S/C25H24F3N3O2.C8H19N/c26-25(27,28)21-8-4-19(5-9-21)17-20-6-10-23(11-7-20)33-24(32)31-15-13-30(14-16-31)18-22-3-1-2-12-29-22;1-6-9(7(2)3)8(4)5/h1-12H,13-18H2;7-8H,6H2,1-5H3. The zero-order valence-electron chi connectivity index (χ0n) is 25.3. The van der Waals surface area contributed by atoms with Crippen LogP contribution in [0, 0.1) is 0 Å². The van der Waals surface area contributed by atoms with E-state index in [1.54, 1.807) is 23.2 Å². The number of pyridine rings is 1. The lowest BCUT2D eigenvalue weighted by molar-refractivity contribution is -0.137. The van der Waals surface area contributed by atoms with Gasteiger partial charge in [0, 0.05) is 51.0 Å². The quantitative estimate of drug-likeness (QED) is 0.282. The number of halogens is 3. The molecule has 0 unspecified atom stereocenters. The molecule has 9 heteroatoms. The van der Waals surface area contributed by atoms with E-state index in [1.165, 1.54) is 12.1 Å². The van der Waals surface area contributed by atoms with Gasteiger partial charge in [-0.15, -0.1) is 0 Å². The SMILES string of the molecule is CCN(C(C)C)C(C)C.O=C(Oc1ccc(Cc2ccc(C(F)(F)F)cc2)cc1)N1CCN(Cc2ccccn2)CC1. The normalized spacial score (nSPS) is 14.2. The third-order valence-corrected chi connectivity index (χ3v) is 7.25. The van der Waals surface area contributed by atoms with Crippen LogP contribution in [0.4, 0.5) is 18.0 Å². The lowest BCUT2D eigenvalue weighted by atomic mass is 10.0. The molecule has 0 radical (unpaired) electrons. The van der Waals surface area contributed by atoms with Gasteiger partial charge in [-0.2, -0.15) is 13.2 Å². The molecule has 1 saturated heterocycles. The van der Waals surface area contributed by atoms with Crippen LogP contribution in [-0.4, -0.2) is 70.6 Å². The summed E-state index contributed by atoms with van der Waals surface area (Å²) in [5.74, 6) is 0.437. The summed E-state index contributed by atoms with van der Waals surface area (Å²) >= 11 is 0. The highest BCUT2D eigenvalue weighted by Gasteiger charge is 2.30. The number of ether oxygens (including phenoxy) is 1. The molecule has 2 heterocycles. The number of hydrogen-bond acceptors (Lipinski definition) is 5. The largest absolute Gasteiger partial charge is 0.416 e. The average Bonchev–Trinajstić information content (AvgIpc) is 2.95. The van der Waals surface area contributed by atoms with Crippen molar-refractivity contribution in [2.45, 2.75) is 65.8 Å². The Morgan fingerprint density at radius 1 is 0.881 bits per heavy atom. The molecule has 1 aliphatic rings. The zero-order valence-corrected chi connectivity index (χ0v) is 25.3. The molecule has 0 atom stereocenters. The third kappa shape index (κ3) is 10.4. The molecule has 1 amide bonds. The minimum atomic E-state index is -4.34. The van der Waals surface area contributed by atoms with Crippen molar-refractivity contribution in [3.05, 3.63) is 95.3 Å². The van der Waals surface area contributed by atoms with Crippen LogP contribution in [0.2, 0.25) is 0 Å². The minimum absolute atomic E-state index is 0.386. The molecule has 228 valence electrons. The van der Waals surface area contributed by atoms with Gasteiger partial charge >= 0.3 is 12.3 Å². The van der Waals surface area contributed by atoms with Crippen molar-refractivity contribution in [2.24, 2.45) is 0 Å². The highest BCUT2D eigenvalue weighted by Crippen LogP contribution is 2.29. The van der Waals surface area contributed by atoms with Gasteiger partial charge in [0.1, 0.15) is 5.75 Å². The number of carbonyl (C=O) groups is 1. The summed E-state index contributed by atoms with van der Waals surface area (Å²) in [6, 6.07) is 19.4. The molecule has 1 aromatic heterocycles. The Balaban J connectivity index is 0.000000467. The van der Waals surface area contributed by atoms with E-state index < -0.39 is 11.7 Å². The first kappa shape index (κ1) is 33.1. The van der Waals surface area contributed by atoms with Gasteiger partial charge < -0.3 is 9.64 Å². The van der Waals surface area contributed by atoms with Crippen molar-refractivity contribution in [1.82, 2.24) is 19.7 Å². The number of hydrogen-bond donors (Lipinski definition) is 0. The van der Waals surface area contributed by atoms with E-state index in [4.69, 9.17) is 4.74 Å². The molecular formula is C33H43F3N4O2. The van der Waals surface area contributed by atoms with Crippen molar-refractivity contribution in [2.75, 3.05) is 32.7 Å². The summed E-state index contributed by atoms with van der Waals surface area (Å²) in [6.07, 6.45) is -2.46. The molecule has 6 nitrogen and oxygen atoms in total. The number of nitrogens with zero attached hydrogens (tertiary/aromatic N) is 4. The van der Waals surface area contributed by atoms with Crippen LogP contribution < -0.4 is 4.74 Å². The van der Waals surface area contributed by atoms with Gasteiger partial charge in [0.15, 0.2) is 0 Å². The third-order valence-electron chi connectivity index (χ3n) is 7.25. The molecule has 1 fully saturated rings. The fourth-order valence-corrected chi connectivity index (χ4v) is 5.02. The Bertz CT molecular complexity index is 1200. The number of amides is 1. The molecule has 0 aliphatic carbocycles. The highest BCUT2D eigenvalue weighted by molar-refractivity contribution is 5.70. The second kappa shape index (κ2) is 15.7. The second-order valence-electron chi connectivity index (χ2n) is 11.0. The average molecular weight is 585 g/mol. The van der Waals surface area contributed by atoms with Crippen molar-refractivity contribution in [1.29, 1.82) is 0 Å². The van der Waals surface area contributed by atoms with Gasteiger partial charge in [0.05, 0.1) is 11.3 Å². The molecule has 2 aromatic carbocycles. The summed E-state index contributed by atoms with van der Waals surface area (Å²) in [4.78, 5) is 23.2. The van der Waals surface area contributed by atoms with E-state index in [2.05, 4.69) is 49.4 Å². The summed E-state index contributed by atoms with van der Waals surface area (Å²) in [5, 5.41) is 0. The molecule has 42 heavy (non-hydrogen) atoms. The van der Waals surface area contributed by atoms with Crippen LogP contribution in [0.1, 0.15) is 57.0 Å². The van der Waals surface area contributed by atoms with Crippen LogP contribution in [0.15, 0.2) is 72.9 Å². The lowest BCUT2D eigenvalue weighted by Crippen LogP contribution is -2.49. The number of aromatic nitrogens is 1. The van der Waals surface area contributed by atoms with Crippen molar-refractivity contribution < 1.29 is 22.7 Å². The number of piperazine rings is 1. The molecule has 0 bridgehead atoms. The summed E-state index contributed by atoms with van der Waals surface area (Å²) < 4.78 is 43.6. The molecular weight excluding hydrogens is 541 g/mol. The van der Waals surface area contributed by atoms with E-state index in [-0.39, 0.29) is 6.09 Å². The Morgan fingerprint density at radius 3 is 1.90 bits per heavy atom. The minimum Gasteiger partial charge on any atom is -0.410 e. The predicted molar refractivity (Wildman–Crippen MR) is 160 cm³/mol. The van der Waals surface area contributed by atoms with Crippen molar-refractivity contribution in [3.8, 4) is 5.75 Å². The van der Waals surface area contributed by atoms with Gasteiger partial charge in [0.25, 0.3) is 0 Å². The van der Waals surface area contributed by atoms with Gasteiger partial charge in [-0.1, -0.05) is 37.3 Å². The Morgan fingerprint density at radius 2 is 1.45 bits per heavy atom. The topological polar surface area (TPSA) is 48.9 Å². The lowest BCUT2D eigenvalue weighted by Gasteiger charge is -2.33. The van der Waals surface area contributed by atoms with E-state index in [1.807, 2.05) is 30.3 Å². The molecule has 4 rings (SSSR count). The fourth-order valence-electron chi connectivity index (χ4n) is 5.02. The van der Waals surface area contributed by atoms with Crippen LogP contribution in [0.5, 0.6) is 5.75 Å². The maximum atomic E-state index is 12.7. The highest BCUT2D eigenvalue weighted by atomic mass is 19.4. The first-order valence-electron chi connectivity index (χ1n) is 14.6. The summed E-state index contributed by atoms with van der Waals surface area (Å²) in [7, 11) is 0. The molecule has 0 spiro atoms. The number of benzene rings is 2. The molecule has 1 aliphatic heterocycles. The Hall–Kier alpha value is -3.43. The summed E-state index contributed by atoms with van der Waals surface area (Å²) in [6.45, 7) is 15.7. The van der Waals surface area contributed by atoms with Crippen LogP contribution in [-0.2, 0) is 19.1 Å². The Labute approximate surface area is 248 Å². The first-order valence-corrected chi connectivity index (χ1v) is 14.6. The fraction of sp³-hybridized carbons (Fsp3) is 0.455. The molecule has 3 aromatic rings.